The van der Waals surface area contributed by atoms with Gasteiger partial charge < -0.3 is 10.0 Å². The van der Waals surface area contributed by atoms with Crippen LogP contribution in [0.4, 0.5) is 13.2 Å². The molecule has 0 radical (unpaired) electrons. The van der Waals surface area contributed by atoms with E-state index in [4.69, 9.17) is 0 Å². The number of piperidine rings is 1. The van der Waals surface area contributed by atoms with Gasteiger partial charge in [-0.2, -0.15) is 13.2 Å². The highest BCUT2D eigenvalue weighted by atomic mass is 19.4. The van der Waals surface area contributed by atoms with Crippen molar-refractivity contribution in [3.63, 3.8) is 0 Å². The zero-order valence-electron chi connectivity index (χ0n) is 14.3. The molecule has 2 heterocycles. The Labute approximate surface area is 152 Å². The molecule has 1 aromatic heterocycles. The number of benzene rings is 1. The van der Waals surface area contributed by atoms with E-state index in [0.717, 1.165) is 16.9 Å². The van der Waals surface area contributed by atoms with Gasteiger partial charge in [0.2, 0.25) is 0 Å². The number of carboxylic acid groups (broad SMARTS) is 1. The average molecular weight is 382 g/mol. The Bertz CT molecular complexity index is 865. The van der Waals surface area contributed by atoms with E-state index >= 15 is 0 Å². The number of hydrogen-bond acceptors (Lipinski definition) is 4. The molecule has 1 aliphatic rings. The second-order valence-corrected chi connectivity index (χ2v) is 6.65. The van der Waals surface area contributed by atoms with Crippen molar-refractivity contribution < 1.29 is 27.9 Å². The highest BCUT2D eigenvalue weighted by molar-refractivity contribution is 5.92. The van der Waals surface area contributed by atoms with Crippen molar-refractivity contribution in [2.24, 2.45) is 11.8 Å². The van der Waals surface area contributed by atoms with Crippen molar-refractivity contribution in [3.05, 3.63) is 41.7 Å². The monoisotopic (exact) mass is 382 g/mol. The molecule has 0 saturated carbocycles. The normalized spacial score (nSPS) is 20.5. The first kappa shape index (κ1) is 18.9. The highest BCUT2D eigenvalue weighted by Crippen LogP contribution is 2.33. The molecular weight excluding hydrogens is 365 g/mol. The summed E-state index contributed by atoms with van der Waals surface area (Å²) in [5.41, 5.74) is -1.27. The Kier molecular flexibility index (Phi) is 4.90. The first-order chi connectivity index (χ1) is 12.7. The number of alkyl halides is 3. The number of carboxylic acids is 1. The van der Waals surface area contributed by atoms with Gasteiger partial charge >= 0.3 is 12.1 Å². The second kappa shape index (κ2) is 7.01. The number of carbonyl (C=O) groups excluding carboxylic acids is 1. The van der Waals surface area contributed by atoms with Crippen molar-refractivity contribution in [2.75, 3.05) is 13.1 Å². The van der Waals surface area contributed by atoms with Crippen molar-refractivity contribution in [3.8, 4) is 5.69 Å². The molecule has 144 valence electrons. The minimum Gasteiger partial charge on any atom is -0.481 e. The minimum atomic E-state index is -4.58. The molecule has 10 heteroatoms. The van der Waals surface area contributed by atoms with Gasteiger partial charge in [-0.1, -0.05) is 24.3 Å². The lowest BCUT2D eigenvalue weighted by molar-refractivity contribution is -0.143. The molecule has 1 saturated heterocycles. The second-order valence-electron chi connectivity index (χ2n) is 6.65. The van der Waals surface area contributed by atoms with Gasteiger partial charge in [-0.15, -0.1) is 5.10 Å². The standard InChI is InChI=1S/C17H17F3N4O3/c1-10-6-11(16(26)27)8-23(7-10)15(25)13-9-24(22-21-13)14-5-3-2-4-12(14)17(18,19)20/h2-5,9-11H,6-8H2,1H3,(H,26,27). The number of likely N-dealkylation sites (tertiary alicyclic amines) is 1. The number of carbonyl (C=O) groups is 2. The van der Waals surface area contributed by atoms with E-state index in [-0.39, 0.29) is 23.8 Å². The highest BCUT2D eigenvalue weighted by Gasteiger charge is 2.35. The smallest absolute Gasteiger partial charge is 0.418 e. The fourth-order valence-corrected chi connectivity index (χ4v) is 3.25. The average Bonchev–Trinajstić information content (AvgIpc) is 3.09. The predicted octanol–water partition coefficient (Wildman–Crippen LogP) is 2.47. The van der Waals surface area contributed by atoms with E-state index in [1.54, 1.807) is 0 Å². The Morgan fingerprint density at radius 2 is 1.93 bits per heavy atom. The summed E-state index contributed by atoms with van der Waals surface area (Å²) in [6.07, 6.45) is -2.99. The zero-order valence-corrected chi connectivity index (χ0v) is 14.3. The number of para-hydroxylation sites is 1. The van der Waals surface area contributed by atoms with Crippen LogP contribution in [0, 0.1) is 11.8 Å². The molecular formula is C17H17F3N4O3. The Morgan fingerprint density at radius 3 is 2.59 bits per heavy atom. The third-order valence-corrected chi connectivity index (χ3v) is 4.46. The van der Waals surface area contributed by atoms with Gasteiger partial charge in [-0.25, -0.2) is 4.68 Å². The topological polar surface area (TPSA) is 88.3 Å². The number of amides is 1. The third-order valence-electron chi connectivity index (χ3n) is 4.46. The van der Waals surface area contributed by atoms with Crippen LogP contribution in [0.1, 0.15) is 29.4 Å². The van der Waals surface area contributed by atoms with Crippen molar-refractivity contribution in [1.29, 1.82) is 0 Å². The van der Waals surface area contributed by atoms with Gasteiger partial charge in [-0.3, -0.25) is 9.59 Å². The van der Waals surface area contributed by atoms with Gasteiger partial charge in [0.25, 0.3) is 5.91 Å². The van der Waals surface area contributed by atoms with Crippen LogP contribution < -0.4 is 0 Å². The maximum absolute atomic E-state index is 13.2. The van der Waals surface area contributed by atoms with Crippen molar-refractivity contribution in [2.45, 2.75) is 19.5 Å². The molecule has 0 aliphatic carbocycles. The van der Waals surface area contributed by atoms with E-state index in [9.17, 15) is 27.9 Å². The van der Waals surface area contributed by atoms with Crippen LogP contribution in [-0.4, -0.2) is 50.0 Å². The summed E-state index contributed by atoms with van der Waals surface area (Å²) in [6, 6.07) is 4.84. The number of aromatic nitrogens is 3. The molecule has 1 aliphatic heterocycles. The summed E-state index contributed by atoms with van der Waals surface area (Å²) in [7, 11) is 0. The van der Waals surface area contributed by atoms with Crippen LogP contribution >= 0.6 is 0 Å². The van der Waals surface area contributed by atoms with Gasteiger partial charge in [0, 0.05) is 13.1 Å². The van der Waals surface area contributed by atoms with Crippen LogP contribution in [0.15, 0.2) is 30.5 Å². The number of rotatable bonds is 3. The van der Waals surface area contributed by atoms with Crippen LogP contribution in [0.25, 0.3) is 5.69 Å². The lowest BCUT2D eigenvalue weighted by Gasteiger charge is -2.34. The third kappa shape index (κ3) is 3.93. The molecule has 1 N–H and O–H groups in total. The van der Waals surface area contributed by atoms with Gasteiger partial charge in [0.1, 0.15) is 0 Å². The Balaban J connectivity index is 1.86. The quantitative estimate of drug-likeness (QED) is 0.881. The van der Waals surface area contributed by atoms with Crippen LogP contribution in [-0.2, 0) is 11.0 Å². The fraction of sp³-hybridized carbons (Fsp3) is 0.412. The van der Waals surface area contributed by atoms with Crippen molar-refractivity contribution in [1.82, 2.24) is 19.9 Å². The summed E-state index contributed by atoms with van der Waals surface area (Å²) in [4.78, 5) is 25.2. The summed E-state index contributed by atoms with van der Waals surface area (Å²) >= 11 is 0. The van der Waals surface area contributed by atoms with E-state index in [1.807, 2.05) is 6.92 Å². The maximum atomic E-state index is 13.2. The molecule has 1 aromatic carbocycles. The van der Waals surface area contributed by atoms with Gasteiger partial charge in [-0.05, 0) is 24.5 Å². The fourth-order valence-electron chi connectivity index (χ4n) is 3.25. The number of halogens is 3. The predicted molar refractivity (Wildman–Crippen MR) is 87.2 cm³/mol. The van der Waals surface area contributed by atoms with E-state index in [2.05, 4.69) is 10.3 Å². The first-order valence-electron chi connectivity index (χ1n) is 8.28. The van der Waals surface area contributed by atoms with Gasteiger partial charge in [0.15, 0.2) is 5.69 Å². The summed E-state index contributed by atoms with van der Waals surface area (Å²) in [6.45, 7) is 2.23. The van der Waals surface area contributed by atoms with Crippen molar-refractivity contribution >= 4 is 11.9 Å². The molecule has 2 atom stereocenters. The minimum absolute atomic E-state index is 0.00944. The first-order valence-corrected chi connectivity index (χ1v) is 8.28. The summed E-state index contributed by atoms with van der Waals surface area (Å²) < 4.78 is 40.4. The largest absolute Gasteiger partial charge is 0.481 e. The Hall–Kier alpha value is -2.91. The zero-order chi connectivity index (χ0) is 19.8. The number of hydrogen-bond donors (Lipinski definition) is 1. The summed E-state index contributed by atoms with van der Waals surface area (Å²) in [5, 5.41) is 16.6. The number of aliphatic carboxylic acids is 1. The van der Waals surface area contributed by atoms with Gasteiger partial charge in [0.05, 0.1) is 23.4 Å². The lowest BCUT2D eigenvalue weighted by atomic mass is 9.90. The molecule has 27 heavy (non-hydrogen) atoms. The van der Waals surface area contributed by atoms with Crippen LogP contribution in [0.5, 0.6) is 0 Å². The molecule has 0 bridgehead atoms. The molecule has 1 fully saturated rings. The molecule has 0 spiro atoms. The van der Waals surface area contributed by atoms with Crippen LogP contribution in [0.3, 0.4) is 0 Å². The maximum Gasteiger partial charge on any atom is 0.418 e. The molecule has 7 nitrogen and oxygen atoms in total. The lowest BCUT2D eigenvalue weighted by Crippen LogP contribution is -2.45. The molecule has 1 amide bonds. The van der Waals surface area contributed by atoms with E-state index in [1.165, 1.54) is 23.1 Å². The van der Waals surface area contributed by atoms with E-state index < -0.39 is 29.5 Å². The van der Waals surface area contributed by atoms with E-state index in [0.29, 0.717) is 13.0 Å². The van der Waals surface area contributed by atoms with Crippen LogP contribution in [0.2, 0.25) is 0 Å². The molecule has 2 aromatic rings. The molecule has 2 unspecified atom stereocenters. The number of nitrogens with zero attached hydrogens (tertiary/aromatic N) is 4. The summed E-state index contributed by atoms with van der Waals surface area (Å²) in [5.74, 6) is -2.23. The Morgan fingerprint density at radius 1 is 1.22 bits per heavy atom. The molecule has 3 rings (SSSR count). The SMILES string of the molecule is CC1CC(C(=O)O)CN(C(=O)c2cn(-c3ccccc3C(F)(F)F)nn2)C1.